The lowest BCUT2D eigenvalue weighted by Gasteiger charge is -2.09. The highest BCUT2D eigenvalue weighted by atomic mass is 32.2. The van der Waals surface area contributed by atoms with E-state index in [-0.39, 0.29) is 28.9 Å². The molecule has 0 atom stereocenters. The Morgan fingerprint density at radius 3 is 2.88 bits per heavy atom. The van der Waals surface area contributed by atoms with Gasteiger partial charge in [-0.1, -0.05) is 25.1 Å². The zero-order valence-corrected chi connectivity index (χ0v) is 14.0. The van der Waals surface area contributed by atoms with Crippen LogP contribution in [0.4, 0.5) is 5.95 Å². The number of carbonyl (C=O) groups is 1. The molecule has 1 N–H and O–H groups in total. The zero-order valence-electron chi connectivity index (χ0n) is 13.2. The summed E-state index contributed by atoms with van der Waals surface area (Å²) in [6.07, 6.45) is 1.56. The van der Waals surface area contributed by atoms with Gasteiger partial charge in [-0.05, 0) is 11.6 Å². The molecule has 24 heavy (non-hydrogen) atoms. The number of nitrogens with one attached hydrogen (secondary N) is 1. The molecule has 0 bridgehead atoms. The Morgan fingerprint density at radius 1 is 1.29 bits per heavy atom. The van der Waals surface area contributed by atoms with E-state index in [1.165, 1.54) is 6.07 Å². The summed E-state index contributed by atoms with van der Waals surface area (Å²) in [4.78, 5) is 20.7. The van der Waals surface area contributed by atoms with Crippen LogP contribution in [-0.2, 0) is 39.0 Å². The van der Waals surface area contributed by atoms with Crippen LogP contribution in [0.2, 0.25) is 0 Å². The van der Waals surface area contributed by atoms with E-state index in [4.69, 9.17) is 4.74 Å². The molecule has 0 radical (unpaired) electrons. The summed E-state index contributed by atoms with van der Waals surface area (Å²) in [5, 5.41) is 2.61. The van der Waals surface area contributed by atoms with E-state index in [1.54, 1.807) is 31.3 Å². The molecular formula is C16H17N3O4S. The lowest BCUT2D eigenvalue weighted by Crippen LogP contribution is -2.18. The molecule has 0 spiro atoms. The molecule has 2 heterocycles. The SMILES string of the molecule is CCS(=O)(=O)c1ccccc1CC(=O)Nc1ncc2c(n1)COC2. The van der Waals surface area contributed by atoms with Gasteiger partial charge in [-0.25, -0.2) is 18.4 Å². The van der Waals surface area contributed by atoms with E-state index in [0.29, 0.717) is 18.8 Å². The monoisotopic (exact) mass is 347 g/mol. The number of anilines is 1. The average molecular weight is 347 g/mol. The number of hydrogen-bond donors (Lipinski definition) is 1. The Morgan fingerprint density at radius 2 is 2.08 bits per heavy atom. The summed E-state index contributed by atoms with van der Waals surface area (Å²) in [6.45, 7) is 2.46. The topological polar surface area (TPSA) is 98.2 Å². The van der Waals surface area contributed by atoms with Crippen molar-refractivity contribution in [3.8, 4) is 0 Å². The minimum absolute atomic E-state index is 0.0143. The molecule has 0 saturated carbocycles. The molecule has 0 unspecified atom stereocenters. The van der Waals surface area contributed by atoms with Crippen molar-refractivity contribution in [2.75, 3.05) is 11.1 Å². The van der Waals surface area contributed by atoms with Gasteiger partial charge in [0.25, 0.3) is 0 Å². The van der Waals surface area contributed by atoms with Crippen LogP contribution in [0.3, 0.4) is 0 Å². The van der Waals surface area contributed by atoms with Gasteiger partial charge in [-0.3, -0.25) is 10.1 Å². The van der Waals surface area contributed by atoms with Crippen molar-refractivity contribution in [2.45, 2.75) is 31.5 Å². The number of sulfone groups is 1. The van der Waals surface area contributed by atoms with Gasteiger partial charge < -0.3 is 4.74 Å². The van der Waals surface area contributed by atoms with E-state index in [1.807, 2.05) is 0 Å². The maximum atomic E-state index is 12.2. The fourth-order valence-corrected chi connectivity index (χ4v) is 3.59. The highest BCUT2D eigenvalue weighted by Crippen LogP contribution is 2.19. The van der Waals surface area contributed by atoms with Crippen molar-refractivity contribution in [3.63, 3.8) is 0 Å². The van der Waals surface area contributed by atoms with Crippen LogP contribution in [0.1, 0.15) is 23.7 Å². The third-order valence-corrected chi connectivity index (χ3v) is 5.57. The third kappa shape index (κ3) is 3.44. The van der Waals surface area contributed by atoms with Crippen LogP contribution in [0.15, 0.2) is 35.4 Å². The second-order valence-corrected chi connectivity index (χ2v) is 7.64. The summed E-state index contributed by atoms with van der Waals surface area (Å²) in [5.41, 5.74) is 2.13. The van der Waals surface area contributed by atoms with Crippen LogP contribution in [0.25, 0.3) is 0 Å². The maximum absolute atomic E-state index is 12.2. The highest BCUT2D eigenvalue weighted by molar-refractivity contribution is 7.91. The predicted octanol–water partition coefficient (Wildman–Crippen LogP) is 1.48. The van der Waals surface area contributed by atoms with Crippen molar-refractivity contribution >= 4 is 21.7 Å². The quantitative estimate of drug-likeness (QED) is 0.880. The van der Waals surface area contributed by atoms with Gasteiger partial charge in [-0.15, -0.1) is 0 Å². The van der Waals surface area contributed by atoms with Crippen LogP contribution in [-0.4, -0.2) is 30.0 Å². The van der Waals surface area contributed by atoms with E-state index >= 15 is 0 Å². The first-order valence-electron chi connectivity index (χ1n) is 7.52. The van der Waals surface area contributed by atoms with E-state index in [0.717, 1.165) is 11.3 Å². The number of hydrogen-bond acceptors (Lipinski definition) is 6. The molecule has 1 aromatic heterocycles. The highest BCUT2D eigenvalue weighted by Gasteiger charge is 2.19. The number of nitrogens with zero attached hydrogens (tertiary/aromatic N) is 2. The average Bonchev–Trinajstić information content (AvgIpc) is 3.02. The molecule has 0 fully saturated rings. The number of ether oxygens (including phenoxy) is 1. The van der Waals surface area contributed by atoms with Crippen LogP contribution in [0.5, 0.6) is 0 Å². The number of amides is 1. The lowest BCUT2D eigenvalue weighted by molar-refractivity contribution is -0.115. The molecule has 0 aliphatic carbocycles. The molecule has 2 aromatic rings. The van der Waals surface area contributed by atoms with Gasteiger partial charge in [0, 0.05) is 11.8 Å². The van der Waals surface area contributed by atoms with Gasteiger partial charge >= 0.3 is 0 Å². The van der Waals surface area contributed by atoms with Crippen molar-refractivity contribution in [2.24, 2.45) is 0 Å². The normalized spacial score (nSPS) is 13.5. The Bertz CT molecular complexity index is 881. The zero-order chi connectivity index (χ0) is 17.2. The van der Waals surface area contributed by atoms with Crippen molar-refractivity contribution < 1.29 is 17.9 Å². The Hall–Kier alpha value is -2.32. The fraction of sp³-hybridized carbons (Fsp3) is 0.312. The molecule has 1 amide bonds. The van der Waals surface area contributed by atoms with Gasteiger partial charge in [0.15, 0.2) is 9.84 Å². The minimum Gasteiger partial charge on any atom is -0.370 e. The van der Waals surface area contributed by atoms with Crippen molar-refractivity contribution in [1.82, 2.24) is 9.97 Å². The van der Waals surface area contributed by atoms with Crippen LogP contribution >= 0.6 is 0 Å². The first-order chi connectivity index (χ1) is 11.5. The maximum Gasteiger partial charge on any atom is 0.231 e. The first-order valence-corrected chi connectivity index (χ1v) is 9.18. The standard InChI is InChI=1S/C16H17N3O4S/c1-2-24(21,22)14-6-4-3-5-11(14)7-15(20)19-16-17-8-12-9-23-10-13(12)18-16/h3-6,8H,2,7,9-10H2,1H3,(H,17,18,19,20). The summed E-state index contributed by atoms with van der Waals surface area (Å²) < 4.78 is 29.5. The Balaban J connectivity index is 1.76. The summed E-state index contributed by atoms with van der Waals surface area (Å²) in [7, 11) is -3.38. The van der Waals surface area contributed by atoms with Crippen molar-refractivity contribution in [1.29, 1.82) is 0 Å². The summed E-state index contributed by atoms with van der Waals surface area (Å²) in [6, 6.07) is 6.51. The third-order valence-electron chi connectivity index (χ3n) is 3.74. The second-order valence-electron chi connectivity index (χ2n) is 5.39. The minimum atomic E-state index is -3.38. The van der Waals surface area contributed by atoms with Crippen LogP contribution < -0.4 is 5.32 Å². The largest absolute Gasteiger partial charge is 0.370 e. The number of aromatic nitrogens is 2. The number of benzene rings is 1. The molecule has 1 aliphatic rings. The smallest absolute Gasteiger partial charge is 0.231 e. The Kier molecular flexibility index (Phi) is 4.59. The second kappa shape index (κ2) is 6.66. The van der Waals surface area contributed by atoms with E-state index < -0.39 is 9.84 Å². The van der Waals surface area contributed by atoms with Gasteiger partial charge in [0.05, 0.1) is 36.0 Å². The molecule has 3 rings (SSSR count). The molecule has 7 nitrogen and oxygen atoms in total. The molecular weight excluding hydrogens is 330 g/mol. The number of carbonyl (C=O) groups excluding carboxylic acids is 1. The molecule has 0 saturated heterocycles. The van der Waals surface area contributed by atoms with Gasteiger partial charge in [0.1, 0.15) is 0 Å². The number of rotatable bonds is 5. The lowest BCUT2D eigenvalue weighted by atomic mass is 10.1. The summed E-state index contributed by atoms with van der Waals surface area (Å²) in [5.74, 6) is -0.188. The van der Waals surface area contributed by atoms with E-state index in [9.17, 15) is 13.2 Å². The first kappa shape index (κ1) is 16.5. The fourth-order valence-electron chi connectivity index (χ4n) is 2.46. The molecule has 1 aliphatic heterocycles. The van der Waals surface area contributed by atoms with Crippen molar-refractivity contribution in [3.05, 3.63) is 47.3 Å². The van der Waals surface area contributed by atoms with Crippen LogP contribution in [0, 0.1) is 0 Å². The summed E-state index contributed by atoms with van der Waals surface area (Å²) >= 11 is 0. The Labute approximate surface area is 140 Å². The van der Waals surface area contributed by atoms with E-state index in [2.05, 4.69) is 15.3 Å². The molecule has 126 valence electrons. The predicted molar refractivity (Wildman–Crippen MR) is 87.0 cm³/mol. The number of fused-ring (bicyclic) bond motifs is 1. The molecule has 8 heteroatoms. The van der Waals surface area contributed by atoms with Gasteiger partial charge in [0.2, 0.25) is 11.9 Å². The van der Waals surface area contributed by atoms with Gasteiger partial charge in [-0.2, -0.15) is 0 Å². The molecule has 1 aromatic carbocycles.